The van der Waals surface area contributed by atoms with E-state index in [1.54, 1.807) is 7.11 Å². The fourth-order valence-corrected chi connectivity index (χ4v) is 3.18. The van der Waals surface area contributed by atoms with Gasteiger partial charge in [0.1, 0.15) is 0 Å². The lowest BCUT2D eigenvalue weighted by Crippen LogP contribution is -2.38. The minimum atomic E-state index is 0.632. The third kappa shape index (κ3) is 3.64. The van der Waals surface area contributed by atoms with Crippen molar-refractivity contribution >= 4 is 10.9 Å². The molecular formula is C17H25N3O. The monoisotopic (exact) mass is 287 g/mol. The van der Waals surface area contributed by atoms with Crippen molar-refractivity contribution in [2.75, 3.05) is 33.4 Å². The molecule has 4 heteroatoms. The highest BCUT2D eigenvalue weighted by atomic mass is 16.5. The molecule has 2 heterocycles. The predicted molar refractivity (Wildman–Crippen MR) is 86.5 cm³/mol. The summed E-state index contributed by atoms with van der Waals surface area (Å²) < 4.78 is 5.27. The van der Waals surface area contributed by atoms with Gasteiger partial charge in [-0.25, -0.2) is 0 Å². The molecule has 4 nitrogen and oxygen atoms in total. The van der Waals surface area contributed by atoms with Gasteiger partial charge in [0.25, 0.3) is 0 Å². The van der Waals surface area contributed by atoms with E-state index < -0.39 is 0 Å². The Bertz CT molecular complexity index is 560. The zero-order chi connectivity index (χ0) is 14.5. The molecule has 114 valence electrons. The van der Waals surface area contributed by atoms with E-state index in [0.717, 1.165) is 32.8 Å². The van der Waals surface area contributed by atoms with Gasteiger partial charge in [-0.3, -0.25) is 4.90 Å². The smallest absolute Gasteiger partial charge is 0.0589 e. The number of fused-ring (bicyclic) bond motifs is 1. The van der Waals surface area contributed by atoms with Crippen molar-refractivity contribution in [2.45, 2.75) is 25.4 Å². The number of ether oxygens (including phenoxy) is 1. The van der Waals surface area contributed by atoms with Crippen LogP contribution < -0.4 is 5.32 Å². The maximum atomic E-state index is 5.27. The van der Waals surface area contributed by atoms with Crippen LogP contribution >= 0.6 is 0 Å². The Morgan fingerprint density at radius 1 is 1.33 bits per heavy atom. The Morgan fingerprint density at radius 2 is 2.24 bits per heavy atom. The maximum absolute atomic E-state index is 5.27. The molecule has 3 rings (SSSR count). The number of hydrogen-bond acceptors (Lipinski definition) is 3. The summed E-state index contributed by atoms with van der Waals surface area (Å²) in [5.41, 5.74) is 2.60. The molecule has 0 amide bonds. The van der Waals surface area contributed by atoms with Crippen LogP contribution in [0.2, 0.25) is 0 Å². The summed E-state index contributed by atoms with van der Waals surface area (Å²) in [7, 11) is 1.78. The molecule has 1 fully saturated rings. The number of benzene rings is 1. The predicted octanol–water partition coefficient (Wildman–Crippen LogP) is 2.37. The van der Waals surface area contributed by atoms with Gasteiger partial charge in [0.05, 0.1) is 6.61 Å². The second-order valence-electron chi connectivity index (χ2n) is 5.88. The minimum Gasteiger partial charge on any atom is -0.383 e. The average Bonchev–Trinajstić information content (AvgIpc) is 3.15. The number of para-hydroxylation sites is 1. The lowest BCUT2D eigenvalue weighted by molar-refractivity contribution is 0.138. The van der Waals surface area contributed by atoms with Crippen LogP contribution in [0.5, 0.6) is 0 Å². The van der Waals surface area contributed by atoms with Crippen molar-refractivity contribution < 1.29 is 4.74 Å². The fourth-order valence-electron chi connectivity index (χ4n) is 3.18. The standard InChI is InChI=1S/C17H25N3O/c1-21-10-9-20(13-15-5-4-8-18-15)12-14-11-19-17-7-3-2-6-16(14)17/h2-3,6-7,11,15,18-19H,4-5,8-10,12-13H2,1H3. The van der Waals surface area contributed by atoms with Crippen LogP contribution in [0.4, 0.5) is 0 Å². The molecule has 1 unspecified atom stereocenters. The summed E-state index contributed by atoms with van der Waals surface area (Å²) in [5, 5.41) is 4.92. The van der Waals surface area contributed by atoms with Crippen molar-refractivity contribution in [3.05, 3.63) is 36.0 Å². The number of rotatable bonds is 7. The molecule has 1 aliphatic heterocycles. The highest BCUT2D eigenvalue weighted by Crippen LogP contribution is 2.20. The van der Waals surface area contributed by atoms with E-state index in [0.29, 0.717) is 6.04 Å². The van der Waals surface area contributed by atoms with Gasteiger partial charge >= 0.3 is 0 Å². The van der Waals surface area contributed by atoms with Crippen LogP contribution in [0.15, 0.2) is 30.5 Å². The Morgan fingerprint density at radius 3 is 3.05 bits per heavy atom. The SMILES string of the molecule is COCCN(Cc1c[nH]c2ccccc12)CC1CCCN1. The molecule has 2 N–H and O–H groups in total. The van der Waals surface area contributed by atoms with Crippen LogP contribution in [-0.4, -0.2) is 49.3 Å². The van der Waals surface area contributed by atoms with Crippen LogP contribution in [0, 0.1) is 0 Å². The van der Waals surface area contributed by atoms with Crippen LogP contribution in [0.1, 0.15) is 18.4 Å². The Balaban J connectivity index is 1.70. The maximum Gasteiger partial charge on any atom is 0.0589 e. The Hall–Kier alpha value is -1.36. The first-order chi connectivity index (χ1) is 10.4. The molecule has 0 aliphatic carbocycles. The van der Waals surface area contributed by atoms with E-state index in [-0.39, 0.29) is 0 Å². The minimum absolute atomic E-state index is 0.632. The van der Waals surface area contributed by atoms with Crippen LogP contribution in [-0.2, 0) is 11.3 Å². The third-order valence-corrected chi connectivity index (χ3v) is 4.32. The van der Waals surface area contributed by atoms with E-state index in [1.807, 2.05) is 0 Å². The zero-order valence-corrected chi connectivity index (χ0v) is 12.8. The summed E-state index contributed by atoms with van der Waals surface area (Å²) in [6.45, 7) is 5.01. The van der Waals surface area contributed by atoms with Crippen LogP contribution in [0.3, 0.4) is 0 Å². The molecular weight excluding hydrogens is 262 g/mol. The largest absolute Gasteiger partial charge is 0.383 e. The number of hydrogen-bond donors (Lipinski definition) is 2. The number of aromatic amines is 1. The summed E-state index contributed by atoms with van der Waals surface area (Å²) in [5.74, 6) is 0. The molecule has 1 atom stereocenters. The van der Waals surface area contributed by atoms with Gasteiger partial charge in [0.2, 0.25) is 0 Å². The first-order valence-electron chi connectivity index (χ1n) is 7.86. The lowest BCUT2D eigenvalue weighted by Gasteiger charge is -2.25. The van der Waals surface area contributed by atoms with Crippen molar-refractivity contribution in [3.63, 3.8) is 0 Å². The van der Waals surface area contributed by atoms with E-state index in [9.17, 15) is 0 Å². The molecule has 2 aromatic rings. The molecule has 1 aromatic carbocycles. The molecule has 21 heavy (non-hydrogen) atoms. The van der Waals surface area contributed by atoms with Gasteiger partial charge in [-0.2, -0.15) is 0 Å². The first-order valence-corrected chi connectivity index (χ1v) is 7.86. The topological polar surface area (TPSA) is 40.3 Å². The molecule has 0 saturated carbocycles. The third-order valence-electron chi connectivity index (χ3n) is 4.32. The number of nitrogens with one attached hydrogen (secondary N) is 2. The van der Waals surface area contributed by atoms with Crippen molar-refractivity contribution in [3.8, 4) is 0 Å². The lowest BCUT2D eigenvalue weighted by atomic mass is 10.1. The second kappa shape index (κ2) is 7.07. The van der Waals surface area contributed by atoms with Gasteiger partial charge in [0.15, 0.2) is 0 Å². The normalized spacial score (nSPS) is 18.9. The van der Waals surface area contributed by atoms with Gasteiger partial charge in [-0.15, -0.1) is 0 Å². The molecule has 1 aliphatic rings. The van der Waals surface area contributed by atoms with Crippen molar-refractivity contribution in [1.82, 2.24) is 15.2 Å². The van der Waals surface area contributed by atoms with Crippen molar-refractivity contribution in [1.29, 1.82) is 0 Å². The van der Waals surface area contributed by atoms with E-state index in [1.165, 1.54) is 29.3 Å². The first kappa shape index (κ1) is 14.6. The summed E-state index contributed by atoms with van der Waals surface area (Å²) in [6, 6.07) is 9.15. The number of nitrogens with zero attached hydrogens (tertiary/aromatic N) is 1. The number of methoxy groups -OCH3 is 1. The van der Waals surface area contributed by atoms with E-state index in [4.69, 9.17) is 4.74 Å². The summed E-state index contributed by atoms with van der Waals surface area (Å²) >= 11 is 0. The highest BCUT2D eigenvalue weighted by molar-refractivity contribution is 5.82. The Kier molecular flexibility index (Phi) is 4.91. The average molecular weight is 287 g/mol. The molecule has 0 spiro atoms. The van der Waals surface area contributed by atoms with Gasteiger partial charge in [-0.1, -0.05) is 18.2 Å². The van der Waals surface area contributed by atoms with Gasteiger partial charge in [-0.05, 0) is 31.0 Å². The highest BCUT2D eigenvalue weighted by Gasteiger charge is 2.18. The molecule has 0 radical (unpaired) electrons. The molecule has 1 saturated heterocycles. The second-order valence-corrected chi connectivity index (χ2v) is 5.88. The summed E-state index contributed by atoms with van der Waals surface area (Å²) in [4.78, 5) is 5.87. The number of aromatic nitrogens is 1. The fraction of sp³-hybridized carbons (Fsp3) is 0.529. The van der Waals surface area contributed by atoms with Gasteiger partial charge in [0, 0.05) is 49.9 Å². The quantitative estimate of drug-likeness (QED) is 0.821. The van der Waals surface area contributed by atoms with Gasteiger partial charge < -0.3 is 15.0 Å². The van der Waals surface area contributed by atoms with Crippen molar-refractivity contribution in [2.24, 2.45) is 0 Å². The zero-order valence-electron chi connectivity index (χ0n) is 12.8. The Labute approximate surface area is 126 Å². The molecule has 0 bridgehead atoms. The van der Waals surface area contributed by atoms with E-state index in [2.05, 4.69) is 45.7 Å². The summed E-state index contributed by atoms with van der Waals surface area (Å²) in [6.07, 6.45) is 4.74. The number of H-pyrrole nitrogens is 1. The van der Waals surface area contributed by atoms with Crippen LogP contribution in [0.25, 0.3) is 10.9 Å². The van der Waals surface area contributed by atoms with E-state index >= 15 is 0 Å². The molecule has 1 aromatic heterocycles.